The van der Waals surface area contributed by atoms with E-state index in [0.717, 1.165) is 0 Å². The summed E-state index contributed by atoms with van der Waals surface area (Å²) in [6.45, 7) is 3.71. The molecule has 8 heteroatoms. The molecule has 102 valence electrons. The molecular weight excluding hydrogens is 268 g/mol. The SMILES string of the molecule is CN(c1nc(Cl)nc(-n2cccn2)n1)C(C)(C)CO. The molecule has 2 heterocycles. The van der Waals surface area contributed by atoms with Crippen molar-refractivity contribution in [2.24, 2.45) is 0 Å². The maximum absolute atomic E-state index is 9.38. The minimum absolute atomic E-state index is 0.0378. The van der Waals surface area contributed by atoms with Crippen molar-refractivity contribution in [2.75, 3.05) is 18.6 Å². The van der Waals surface area contributed by atoms with Crippen molar-refractivity contribution in [1.29, 1.82) is 0 Å². The average molecular weight is 283 g/mol. The van der Waals surface area contributed by atoms with Gasteiger partial charge in [-0.1, -0.05) is 0 Å². The van der Waals surface area contributed by atoms with E-state index < -0.39 is 5.54 Å². The first-order chi connectivity index (χ1) is 8.94. The van der Waals surface area contributed by atoms with Crippen LogP contribution in [0.5, 0.6) is 0 Å². The number of aromatic nitrogens is 5. The molecule has 0 saturated carbocycles. The molecule has 0 aromatic carbocycles. The van der Waals surface area contributed by atoms with Crippen LogP contribution in [0.15, 0.2) is 18.5 Å². The molecule has 7 nitrogen and oxygen atoms in total. The van der Waals surface area contributed by atoms with Gasteiger partial charge in [0, 0.05) is 19.4 Å². The quantitative estimate of drug-likeness (QED) is 0.898. The van der Waals surface area contributed by atoms with Crippen LogP contribution in [0.2, 0.25) is 5.28 Å². The Labute approximate surface area is 115 Å². The fourth-order valence-corrected chi connectivity index (χ4v) is 1.50. The van der Waals surface area contributed by atoms with Crippen molar-refractivity contribution >= 4 is 17.5 Å². The first kappa shape index (κ1) is 13.7. The molecule has 2 aromatic rings. The largest absolute Gasteiger partial charge is 0.394 e. The Morgan fingerprint density at radius 3 is 2.68 bits per heavy atom. The average Bonchev–Trinajstić information content (AvgIpc) is 2.91. The number of hydrogen-bond donors (Lipinski definition) is 1. The van der Waals surface area contributed by atoms with Crippen LogP contribution in [-0.4, -0.2) is 49.0 Å². The highest BCUT2D eigenvalue weighted by Crippen LogP contribution is 2.19. The van der Waals surface area contributed by atoms with Crippen molar-refractivity contribution in [2.45, 2.75) is 19.4 Å². The van der Waals surface area contributed by atoms with E-state index in [1.807, 2.05) is 13.8 Å². The maximum Gasteiger partial charge on any atom is 0.256 e. The molecule has 0 aliphatic carbocycles. The first-order valence-corrected chi connectivity index (χ1v) is 6.08. The molecule has 0 spiro atoms. The first-order valence-electron chi connectivity index (χ1n) is 5.70. The summed E-state index contributed by atoms with van der Waals surface area (Å²) >= 11 is 5.91. The van der Waals surface area contributed by atoms with E-state index in [-0.39, 0.29) is 11.9 Å². The standard InChI is InChI=1S/C11H15ClN6O/c1-11(2,7-19)17(3)9-14-8(12)15-10(16-9)18-6-4-5-13-18/h4-6,19H,7H2,1-3H3. The lowest BCUT2D eigenvalue weighted by molar-refractivity contribution is 0.215. The van der Waals surface area contributed by atoms with E-state index in [2.05, 4.69) is 20.1 Å². The summed E-state index contributed by atoms with van der Waals surface area (Å²) in [5, 5.41) is 13.5. The van der Waals surface area contributed by atoms with Crippen molar-refractivity contribution in [3.05, 3.63) is 23.7 Å². The van der Waals surface area contributed by atoms with Gasteiger partial charge in [0.25, 0.3) is 5.95 Å². The van der Waals surface area contributed by atoms with Crippen LogP contribution in [0.1, 0.15) is 13.8 Å². The smallest absolute Gasteiger partial charge is 0.256 e. The van der Waals surface area contributed by atoms with E-state index in [0.29, 0.717) is 11.9 Å². The molecule has 2 aromatic heterocycles. The lowest BCUT2D eigenvalue weighted by Crippen LogP contribution is -2.45. The van der Waals surface area contributed by atoms with Crippen LogP contribution in [-0.2, 0) is 0 Å². The van der Waals surface area contributed by atoms with Crippen LogP contribution in [0.3, 0.4) is 0 Å². The molecule has 1 N–H and O–H groups in total. The molecule has 2 rings (SSSR count). The molecule has 0 unspecified atom stereocenters. The Kier molecular flexibility index (Phi) is 3.68. The van der Waals surface area contributed by atoms with Crippen LogP contribution >= 0.6 is 11.6 Å². The van der Waals surface area contributed by atoms with Gasteiger partial charge in [-0.25, -0.2) is 4.68 Å². The minimum atomic E-state index is -0.508. The van der Waals surface area contributed by atoms with E-state index in [1.54, 1.807) is 30.4 Å². The van der Waals surface area contributed by atoms with Crippen LogP contribution < -0.4 is 4.90 Å². The van der Waals surface area contributed by atoms with Crippen molar-refractivity contribution in [3.63, 3.8) is 0 Å². The van der Waals surface area contributed by atoms with Crippen molar-refractivity contribution < 1.29 is 5.11 Å². The van der Waals surface area contributed by atoms with Gasteiger partial charge in [-0.3, -0.25) is 0 Å². The Morgan fingerprint density at radius 1 is 1.37 bits per heavy atom. The molecular formula is C11H15ClN6O. The lowest BCUT2D eigenvalue weighted by Gasteiger charge is -2.33. The number of hydrogen-bond acceptors (Lipinski definition) is 6. The summed E-state index contributed by atoms with van der Waals surface area (Å²) in [4.78, 5) is 14.1. The number of aliphatic hydroxyl groups excluding tert-OH is 1. The van der Waals surface area contributed by atoms with E-state index in [1.165, 1.54) is 4.68 Å². The highest BCUT2D eigenvalue weighted by Gasteiger charge is 2.25. The summed E-state index contributed by atoms with van der Waals surface area (Å²) in [6, 6.07) is 1.76. The zero-order valence-corrected chi connectivity index (χ0v) is 11.7. The minimum Gasteiger partial charge on any atom is -0.394 e. The fourth-order valence-electron chi connectivity index (χ4n) is 1.35. The van der Waals surface area contributed by atoms with Gasteiger partial charge in [0.05, 0.1) is 12.1 Å². The molecule has 0 amide bonds. The molecule has 0 atom stereocenters. The second-order valence-electron chi connectivity index (χ2n) is 4.68. The topological polar surface area (TPSA) is 80.0 Å². The molecule has 0 aliphatic heterocycles. The Balaban J connectivity index is 2.43. The second-order valence-corrected chi connectivity index (χ2v) is 5.02. The van der Waals surface area contributed by atoms with Crippen LogP contribution in [0, 0.1) is 0 Å². The van der Waals surface area contributed by atoms with Crippen molar-refractivity contribution in [3.8, 4) is 5.95 Å². The molecule has 0 bridgehead atoms. The summed E-state index contributed by atoms with van der Waals surface area (Å²) < 4.78 is 1.50. The predicted molar refractivity (Wildman–Crippen MR) is 71.5 cm³/mol. The van der Waals surface area contributed by atoms with Gasteiger partial charge in [0.15, 0.2) is 0 Å². The third-order valence-corrected chi connectivity index (χ3v) is 3.06. The van der Waals surface area contributed by atoms with E-state index >= 15 is 0 Å². The second kappa shape index (κ2) is 5.10. The van der Waals surface area contributed by atoms with Gasteiger partial charge in [-0.2, -0.15) is 20.1 Å². The summed E-state index contributed by atoms with van der Waals surface area (Å²) in [6.07, 6.45) is 3.34. The highest BCUT2D eigenvalue weighted by atomic mass is 35.5. The fraction of sp³-hybridized carbons (Fsp3) is 0.455. The van der Waals surface area contributed by atoms with E-state index in [9.17, 15) is 5.11 Å². The van der Waals surface area contributed by atoms with Gasteiger partial charge in [0.1, 0.15) is 0 Å². The maximum atomic E-state index is 9.38. The molecule has 19 heavy (non-hydrogen) atoms. The number of aliphatic hydroxyl groups is 1. The van der Waals surface area contributed by atoms with E-state index in [4.69, 9.17) is 11.6 Å². The normalized spacial score (nSPS) is 11.6. The van der Waals surface area contributed by atoms with Gasteiger partial charge in [-0.05, 0) is 31.5 Å². The summed E-state index contributed by atoms with van der Waals surface area (Å²) in [5.41, 5.74) is -0.508. The number of nitrogens with zero attached hydrogens (tertiary/aromatic N) is 6. The molecule has 0 aliphatic rings. The Morgan fingerprint density at radius 2 is 2.11 bits per heavy atom. The molecule has 0 saturated heterocycles. The molecule has 0 fully saturated rings. The Hall–Kier alpha value is -1.73. The van der Waals surface area contributed by atoms with Gasteiger partial charge in [0.2, 0.25) is 11.2 Å². The highest BCUT2D eigenvalue weighted by molar-refractivity contribution is 6.28. The number of rotatable bonds is 4. The van der Waals surface area contributed by atoms with Crippen LogP contribution in [0.4, 0.5) is 5.95 Å². The van der Waals surface area contributed by atoms with Crippen LogP contribution in [0.25, 0.3) is 5.95 Å². The van der Waals surface area contributed by atoms with Gasteiger partial charge in [-0.15, -0.1) is 0 Å². The van der Waals surface area contributed by atoms with Gasteiger partial charge < -0.3 is 10.0 Å². The summed E-state index contributed by atoms with van der Waals surface area (Å²) in [5.74, 6) is 0.713. The number of anilines is 1. The zero-order valence-electron chi connectivity index (χ0n) is 10.9. The number of halogens is 1. The lowest BCUT2D eigenvalue weighted by atomic mass is 10.1. The monoisotopic (exact) mass is 282 g/mol. The van der Waals surface area contributed by atoms with Crippen molar-refractivity contribution in [1.82, 2.24) is 24.7 Å². The third-order valence-electron chi connectivity index (χ3n) is 2.89. The zero-order chi connectivity index (χ0) is 14.0. The predicted octanol–water partition coefficient (Wildman–Crippen LogP) is 0.918. The molecule has 0 radical (unpaired) electrons. The Bertz CT molecular complexity index is 556. The number of likely N-dealkylation sites (N-methyl/N-ethyl adjacent to an activating group) is 1. The van der Waals surface area contributed by atoms with Gasteiger partial charge >= 0.3 is 0 Å². The third kappa shape index (κ3) is 2.82. The summed E-state index contributed by atoms with van der Waals surface area (Å²) in [7, 11) is 1.79.